The molecule has 0 aromatic carbocycles. The minimum absolute atomic E-state index is 0.632. The minimum atomic E-state index is 0.632. The first-order valence-corrected chi connectivity index (χ1v) is 4.42. The molecule has 0 aliphatic rings. The van der Waals surface area contributed by atoms with Crippen LogP contribution >= 0.6 is 31.9 Å². The van der Waals surface area contributed by atoms with Crippen LogP contribution in [0.1, 0.15) is 13.8 Å². The van der Waals surface area contributed by atoms with E-state index in [0.29, 0.717) is 4.83 Å². The first kappa shape index (κ1) is 7.96. The van der Waals surface area contributed by atoms with E-state index in [0.717, 1.165) is 11.2 Å². The molecular formula is C5H10Br2. The Morgan fingerprint density at radius 2 is 1.86 bits per heavy atom. The number of hydrogen-bond acceptors (Lipinski definition) is 0. The van der Waals surface area contributed by atoms with Crippen molar-refractivity contribution in [2.45, 2.75) is 18.7 Å². The SMILES string of the molecule is CC(C)[C@H](Br)CBr. The number of alkyl halides is 2. The molecule has 0 aromatic rings. The first-order valence-electron chi connectivity index (χ1n) is 2.38. The zero-order valence-corrected chi connectivity index (χ0v) is 7.79. The molecule has 0 saturated carbocycles. The third kappa shape index (κ3) is 3.53. The Morgan fingerprint density at radius 1 is 1.43 bits per heavy atom. The molecule has 0 aliphatic carbocycles. The van der Waals surface area contributed by atoms with Gasteiger partial charge >= 0.3 is 0 Å². The van der Waals surface area contributed by atoms with E-state index in [1.807, 2.05) is 0 Å². The Labute approximate surface area is 61.9 Å². The van der Waals surface area contributed by atoms with Crippen molar-refractivity contribution in [1.29, 1.82) is 0 Å². The number of hydrogen-bond donors (Lipinski definition) is 0. The molecule has 44 valence electrons. The monoisotopic (exact) mass is 228 g/mol. The van der Waals surface area contributed by atoms with Crippen molar-refractivity contribution in [3.63, 3.8) is 0 Å². The van der Waals surface area contributed by atoms with Gasteiger partial charge in [-0.1, -0.05) is 45.7 Å². The predicted octanol–water partition coefficient (Wildman–Crippen LogP) is 2.80. The maximum atomic E-state index is 3.49. The summed E-state index contributed by atoms with van der Waals surface area (Å²) in [5.74, 6) is 0.736. The van der Waals surface area contributed by atoms with Crippen LogP contribution in [0.15, 0.2) is 0 Å². The molecule has 2 heteroatoms. The molecule has 1 atom stereocenters. The van der Waals surface area contributed by atoms with Gasteiger partial charge < -0.3 is 0 Å². The Bertz CT molecular complexity index is 43.3. The largest absolute Gasteiger partial charge is 0.0916 e. The van der Waals surface area contributed by atoms with Gasteiger partial charge in [0, 0.05) is 10.2 Å². The molecule has 0 nitrogen and oxygen atoms in total. The van der Waals surface area contributed by atoms with Crippen molar-refractivity contribution in [1.82, 2.24) is 0 Å². The summed E-state index contributed by atoms with van der Waals surface area (Å²) in [4.78, 5) is 0.632. The van der Waals surface area contributed by atoms with E-state index in [-0.39, 0.29) is 0 Å². The van der Waals surface area contributed by atoms with Gasteiger partial charge in [0.1, 0.15) is 0 Å². The summed E-state index contributed by atoms with van der Waals surface area (Å²) in [6.07, 6.45) is 0. The highest BCUT2D eigenvalue weighted by atomic mass is 79.9. The minimum Gasteiger partial charge on any atom is -0.0916 e. The number of rotatable bonds is 2. The fourth-order valence-corrected chi connectivity index (χ4v) is 0.926. The van der Waals surface area contributed by atoms with Crippen LogP contribution < -0.4 is 0 Å². The second-order valence-corrected chi connectivity index (χ2v) is 3.74. The average molecular weight is 230 g/mol. The summed E-state index contributed by atoms with van der Waals surface area (Å²) in [6.45, 7) is 4.39. The Balaban J connectivity index is 3.14. The lowest BCUT2D eigenvalue weighted by Gasteiger charge is -2.07. The normalized spacial score (nSPS) is 15.0. The summed E-state index contributed by atoms with van der Waals surface area (Å²) in [5, 5.41) is 1.05. The van der Waals surface area contributed by atoms with E-state index in [2.05, 4.69) is 45.7 Å². The highest BCUT2D eigenvalue weighted by molar-refractivity contribution is 9.12. The fraction of sp³-hybridized carbons (Fsp3) is 1.00. The number of halogens is 2. The quantitative estimate of drug-likeness (QED) is 0.639. The molecule has 0 saturated heterocycles. The maximum absolute atomic E-state index is 3.49. The molecule has 0 fully saturated rings. The van der Waals surface area contributed by atoms with E-state index in [1.54, 1.807) is 0 Å². The van der Waals surface area contributed by atoms with Crippen molar-refractivity contribution < 1.29 is 0 Å². The van der Waals surface area contributed by atoms with Crippen LogP contribution in [-0.2, 0) is 0 Å². The Hall–Kier alpha value is 0.960. The van der Waals surface area contributed by atoms with Gasteiger partial charge in [0.2, 0.25) is 0 Å². The summed E-state index contributed by atoms with van der Waals surface area (Å²) < 4.78 is 0. The van der Waals surface area contributed by atoms with Gasteiger partial charge in [-0.2, -0.15) is 0 Å². The Kier molecular flexibility index (Phi) is 4.44. The van der Waals surface area contributed by atoms with Crippen molar-refractivity contribution in [3.05, 3.63) is 0 Å². The molecule has 0 heterocycles. The topological polar surface area (TPSA) is 0 Å². The molecular weight excluding hydrogens is 220 g/mol. The molecule has 0 spiro atoms. The van der Waals surface area contributed by atoms with E-state index < -0.39 is 0 Å². The highest BCUT2D eigenvalue weighted by Crippen LogP contribution is 2.13. The molecule has 0 bridgehead atoms. The maximum Gasteiger partial charge on any atom is 0.0265 e. The Morgan fingerprint density at radius 3 is 1.86 bits per heavy atom. The second kappa shape index (κ2) is 3.90. The van der Waals surface area contributed by atoms with Gasteiger partial charge in [-0.15, -0.1) is 0 Å². The third-order valence-corrected chi connectivity index (χ3v) is 3.82. The van der Waals surface area contributed by atoms with Crippen molar-refractivity contribution in [2.24, 2.45) is 5.92 Å². The van der Waals surface area contributed by atoms with Gasteiger partial charge in [0.05, 0.1) is 0 Å². The summed E-state index contributed by atoms with van der Waals surface area (Å²) >= 11 is 6.86. The van der Waals surface area contributed by atoms with E-state index in [4.69, 9.17) is 0 Å². The van der Waals surface area contributed by atoms with Crippen LogP contribution in [0.5, 0.6) is 0 Å². The third-order valence-electron chi connectivity index (χ3n) is 0.871. The summed E-state index contributed by atoms with van der Waals surface area (Å²) in [5.41, 5.74) is 0. The molecule has 0 rings (SSSR count). The second-order valence-electron chi connectivity index (χ2n) is 1.91. The van der Waals surface area contributed by atoms with Crippen LogP contribution in [0.3, 0.4) is 0 Å². The van der Waals surface area contributed by atoms with E-state index in [9.17, 15) is 0 Å². The van der Waals surface area contributed by atoms with Gasteiger partial charge in [0.15, 0.2) is 0 Å². The molecule has 0 aromatic heterocycles. The van der Waals surface area contributed by atoms with E-state index >= 15 is 0 Å². The van der Waals surface area contributed by atoms with Gasteiger partial charge in [-0.05, 0) is 5.92 Å². The van der Waals surface area contributed by atoms with Crippen LogP contribution in [0.2, 0.25) is 0 Å². The predicted molar refractivity (Wildman–Crippen MR) is 41.3 cm³/mol. The standard InChI is InChI=1S/C5H10Br2/c1-4(2)5(7)3-6/h4-5H,3H2,1-2H3/t5-/m1/s1. The van der Waals surface area contributed by atoms with Crippen molar-refractivity contribution in [3.8, 4) is 0 Å². The molecule has 0 radical (unpaired) electrons. The zero-order valence-electron chi connectivity index (χ0n) is 4.62. The zero-order chi connectivity index (χ0) is 5.86. The molecule has 7 heavy (non-hydrogen) atoms. The van der Waals surface area contributed by atoms with Crippen LogP contribution in [0.4, 0.5) is 0 Å². The van der Waals surface area contributed by atoms with E-state index in [1.165, 1.54) is 0 Å². The highest BCUT2D eigenvalue weighted by Gasteiger charge is 2.04. The fourth-order valence-electron chi connectivity index (χ4n) is 0.178. The smallest absolute Gasteiger partial charge is 0.0265 e. The lowest BCUT2D eigenvalue weighted by atomic mass is 10.2. The van der Waals surface area contributed by atoms with Gasteiger partial charge in [0.25, 0.3) is 0 Å². The van der Waals surface area contributed by atoms with Crippen molar-refractivity contribution in [2.75, 3.05) is 5.33 Å². The molecule has 0 amide bonds. The van der Waals surface area contributed by atoms with Gasteiger partial charge in [-0.25, -0.2) is 0 Å². The molecule has 0 aliphatic heterocycles. The summed E-state index contributed by atoms with van der Waals surface area (Å²) in [6, 6.07) is 0. The van der Waals surface area contributed by atoms with Crippen LogP contribution in [0, 0.1) is 5.92 Å². The lowest BCUT2D eigenvalue weighted by molar-refractivity contribution is 0.659. The van der Waals surface area contributed by atoms with Gasteiger partial charge in [-0.3, -0.25) is 0 Å². The molecule has 0 unspecified atom stereocenters. The van der Waals surface area contributed by atoms with Crippen LogP contribution in [0.25, 0.3) is 0 Å². The lowest BCUT2D eigenvalue weighted by Crippen LogP contribution is -2.07. The van der Waals surface area contributed by atoms with Crippen LogP contribution in [-0.4, -0.2) is 10.2 Å². The molecule has 0 N–H and O–H groups in total. The first-order chi connectivity index (χ1) is 3.18. The average Bonchev–Trinajstić information content (AvgIpc) is 1.65. The summed E-state index contributed by atoms with van der Waals surface area (Å²) in [7, 11) is 0. The van der Waals surface area contributed by atoms with Crippen molar-refractivity contribution >= 4 is 31.9 Å².